The molecule has 80 valence electrons. The van der Waals surface area contributed by atoms with Crippen molar-refractivity contribution in [2.75, 3.05) is 12.0 Å². The summed E-state index contributed by atoms with van der Waals surface area (Å²) < 4.78 is 2.50. The summed E-state index contributed by atoms with van der Waals surface area (Å²) in [6, 6.07) is 0.318. The van der Waals surface area contributed by atoms with Gasteiger partial charge in [0.25, 0.3) is 0 Å². The molecule has 0 amide bonds. The smallest absolute Gasteiger partial charge is 0.195 e. The first kappa shape index (κ1) is 11.7. The van der Waals surface area contributed by atoms with Gasteiger partial charge in [-0.25, -0.2) is 0 Å². The molecule has 14 heavy (non-hydrogen) atoms. The van der Waals surface area contributed by atoms with Gasteiger partial charge >= 0.3 is 0 Å². The van der Waals surface area contributed by atoms with Crippen LogP contribution in [0.5, 0.6) is 0 Å². The maximum absolute atomic E-state index is 9.09. The largest absolute Gasteiger partial charge is 0.388 e. The predicted octanol–water partition coefficient (Wildman–Crippen LogP) is 1.75. The van der Waals surface area contributed by atoms with Gasteiger partial charge in [-0.2, -0.15) is 16.9 Å². The summed E-state index contributed by atoms with van der Waals surface area (Å²) in [5.74, 6) is 1.60. The van der Waals surface area contributed by atoms with E-state index in [0.29, 0.717) is 16.6 Å². The minimum Gasteiger partial charge on any atom is -0.388 e. The van der Waals surface area contributed by atoms with E-state index in [-0.39, 0.29) is 6.61 Å². The van der Waals surface area contributed by atoms with Gasteiger partial charge in [-0.3, -0.25) is 9.67 Å². The lowest BCUT2D eigenvalue weighted by atomic mass is 10.2. The fourth-order valence-electron chi connectivity index (χ4n) is 1.39. The van der Waals surface area contributed by atoms with E-state index in [1.165, 1.54) is 0 Å². The van der Waals surface area contributed by atoms with Crippen molar-refractivity contribution in [2.45, 2.75) is 26.0 Å². The molecule has 0 radical (unpaired) electrons. The van der Waals surface area contributed by atoms with Crippen molar-refractivity contribution in [3.8, 4) is 0 Å². The number of H-pyrrole nitrogens is 1. The van der Waals surface area contributed by atoms with Gasteiger partial charge in [-0.05, 0) is 24.9 Å². The lowest BCUT2D eigenvalue weighted by Gasteiger charge is -2.16. The molecule has 1 aromatic heterocycles. The number of rotatable bonds is 5. The van der Waals surface area contributed by atoms with E-state index in [2.05, 4.69) is 23.4 Å². The van der Waals surface area contributed by atoms with Crippen LogP contribution in [-0.2, 0) is 6.61 Å². The number of aliphatic hydroxyl groups is 1. The second-order valence-electron chi connectivity index (χ2n) is 2.99. The van der Waals surface area contributed by atoms with E-state index >= 15 is 0 Å². The van der Waals surface area contributed by atoms with E-state index in [4.69, 9.17) is 17.3 Å². The van der Waals surface area contributed by atoms with Crippen LogP contribution in [0.2, 0.25) is 0 Å². The molecular weight excluding hydrogens is 218 g/mol. The number of aromatic amines is 1. The molecule has 0 aliphatic heterocycles. The third kappa shape index (κ3) is 2.37. The number of nitrogens with zero attached hydrogens (tertiary/aromatic N) is 2. The average molecular weight is 233 g/mol. The molecule has 0 aliphatic carbocycles. The minimum absolute atomic E-state index is 0.0714. The van der Waals surface area contributed by atoms with Crippen LogP contribution in [0.15, 0.2) is 0 Å². The van der Waals surface area contributed by atoms with Gasteiger partial charge in [-0.15, -0.1) is 0 Å². The summed E-state index contributed by atoms with van der Waals surface area (Å²) in [6.07, 6.45) is 3.05. The standard InChI is InChI=1S/C8H15N3OS2/c1-3-6(5-14-2)11-7(4-12)9-10-8(11)13/h6,12H,3-5H2,1-2H3,(H,10,13). The van der Waals surface area contributed by atoms with Gasteiger partial charge in [0.05, 0.1) is 0 Å². The molecule has 0 bridgehead atoms. The highest BCUT2D eigenvalue weighted by Gasteiger charge is 2.13. The summed E-state index contributed by atoms with van der Waals surface area (Å²) in [5.41, 5.74) is 0. The van der Waals surface area contributed by atoms with Crippen LogP contribution in [-0.4, -0.2) is 31.9 Å². The number of hydrogen-bond donors (Lipinski definition) is 2. The number of nitrogens with one attached hydrogen (secondary N) is 1. The zero-order chi connectivity index (χ0) is 10.6. The average Bonchev–Trinajstić information content (AvgIpc) is 2.56. The molecule has 1 aromatic rings. The minimum atomic E-state index is -0.0714. The Kier molecular flexibility index (Phi) is 4.64. The van der Waals surface area contributed by atoms with Crippen LogP contribution in [0.4, 0.5) is 0 Å². The molecule has 2 N–H and O–H groups in total. The zero-order valence-corrected chi connectivity index (χ0v) is 9.99. The molecule has 0 saturated carbocycles. The molecule has 4 nitrogen and oxygen atoms in total. The quantitative estimate of drug-likeness (QED) is 0.761. The Morgan fingerprint density at radius 1 is 1.71 bits per heavy atom. The molecule has 1 rings (SSSR count). The monoisotopic (exact) mass is 233 g/mol. The van der Waals surface area contributed by atoms with Crippen molar-refractivity contribution in [3.63, 3.8) is 0 Å². The first-order chi connectivity index (χ1) is 6.74. The SMILES string of the molecule is CCC(CSC)n1c(CO)n[nH]c1=S. The Bertz CT molecular complexity index is 334. The Morgan fingerprint density at radius 2 is 2.43 bits per heavy atom. The molecule has 6 heteroatoms. The van der Waals surface area contributed by atoms with Crippen molar-refractivity contribution < 1.29 is 5.11 Å². The van der Waals surface area contributed by atoms with Crippen molar-refractivity contribution >= 4 is 24.0 Å². The predicted molar refractivity (Wildman–Crippen MR) is 61.0 cm³/mol. The van der Waals surface area contributed by atoms with Crippen molar-refractivity contribution in [2.24, 2.45) is 0 Å². The van der Waals surface area contributed by atoms with Gasteiger partial charge in [0.2, 0.25) is 0 Å². The fraction of sp³-hybridized carbons (Fsp3) is 0.750. The van der Waals surface area contributed by atoms with Crippen LogP contribution in [0.25, 0.3) is 0 Å². The van der Waals surface area contributed by atoms with Crippen molar-refractivity contribution in [3.05, 3.63) is 10.6 Å². The maximum Gasteiger partial charge on any atom is 0.195 e. The Labute approximate surface area is 92.7 Å². The highest BCUT2D eigenvalue weighted by molar-refractivity contribution is 7.98. The lowest BCUT2D eigenvalue weighted by molar-refractivity contribution is 0.260. The summed E-state index contributed by atoms with van der Waals surface area (Å²) in [5, 5.41) is 15.8. The third-order valence-corrected chi connectivity index (χ3v) is 3.12. The summed E-state index contributed by atoms with van der Waals surface area (Å²) in [4.78, 5) is 0. The van der Waals surface area contributed by atoms with Crippen LogP contribution in [0.1, 0.15) is 25.2 Å². The first-order valence-electron chi connectivity index (χ1n) is 4.50. The highest BCUT2D eigenvalue weighted by atomic mass is 32.2. The molecule has 1 heterocycles. The molecule has 1 unspecified atom stereocenters. The second kappa shape index (κ2) is 5.53. The number of thioether (sulfide) groups is 1. The topological polar surface area (TPSA) is 53.8 Å². The van der Waals surface area contributed by atoms with Crippen LogP contribution >= 0.6 is 24.0 Å². The molecular formula is C8H15N3OS2. The van der Waals surface area contributed by atoms with E-state index in [9.17, 15) is 0 Å². The van der Waals surface area contributed by atoms with Gasteiger partial charge < -0.3 is 5.11 Å². The van der Waals surface area contributed by atoms with E-state index in [0.717, 1.165) is 12.2 Å². The lowest BCUT2D eigenvalue weighted by Crippen LogP contribution is -2.14. The third-order valence-electron chi connectivity index (χ3n) is 2.11. The van der Waals surface area contributed by atoms with E-state index in [1.807, 2.05) is 4.57 Å². The second-order valence-corrected chi connectivity index (χ2v) is 4.29. The number of aliphatic hydroxyl groups excluding tert-OH is 1. The normalized spacial score (nSPS) is 13.1. The number of aromatic nitrogens is 3. The van der Waals surface area contributed by atoms with Gasteiger partial charge in [0.1, 0.15) is 6.61 Å². The van der Waals surface area contributed by atoms with Gasteiger partial charge in [0.15, 0.2) is 10.6 Å². The van der Waals surface area contributed by atoms with E-state index < -0.39 is 0 Å². The van der Waals surface area contributed by atoms with Crippen LogP contribution in [0, 0.1) is 4.77 Å². The summed E-state index contributed by atoms with van der Waals surface area (Å²) >= 11 is 6.89. The fourth-order valence-corrected chi connectivity index (χ4v) is 2.46. The van der Waals surface area contributed by atoms with Crippen LogP contribution < -0.4 is 0 Å². The Morgan fingerprint density at radius 3 is 2.93 bits per heavy atom. The molecule has 0 spiro atoms. The number of hydrogen-bond acceptors (Lipinski definition) is 4. The first-order valence-corrected chi connectivity index (χ1v) is 6.30. The van der Waals surface area contributed by atoms with Crippen LogP contribution in [0.3, 0.4) is 0 Å². The van der Waals surface area contributed by atoms with Crippen molar-refractivity contribution in [1.82, 2.24) is 14.8 Å². The molecule has 0 saturated heterocycles. The molecule has 0 aliphatic rings. The molecule has 1 atom stereocenters. The molecule has 0 aromatic carbocycles. The van der Waals surface area contributed by atoms with Gasteiger partial charge in [-0.1, -0.05) is 6.92 Å². The maximum atomic E-state index is 9.09. The highest BCUT2D eigenvalue weighted by Crippen LogP contribution is 2.18. The Hall–Kier alpha value is -0.330. The zero-order valence-electron chi connectivity index (χ0n) is 8.36. The molecule has 0 fully saturated rings. The van der Waals surface area contributed by atoms with Gasteiger partial charge in [0, 0.05) is 11.8 Å². The van der Waals surface area contributed by atoms with E-state index in [1.54, 1.807) is 11.8 Å². The van der Waals surface area contributed by atoms with Crippen molar-refractivity contribution in [1.29, 1.82) is 0 Å². The Balaban J connectivity index is 3.00. The summed E-state index contributed by atoms with van der Waals surface area (Å²) in [7, 11) is 0. The summed E-state index contributed by atoms with van der Waals surface area (Å²) in [6.45, 7) is 2.04.